The molecule has 4 heteroatoms. The second-order valence-electron chi connectivity index (χ2n) is 4.67. The van der Waals surface area contributed by atoms with Gasteiger partial charge in [-0.3, -0.25) is 0 Å². The molecule has 0 aromatic heterocycles. The molecule has 17 heavy (non-hydrogen) atoms. The molecular formula is C13H20N2O2. The van der Waals surface area contributed by atoms with E-state index in [1.54, 1.807) is 0 Å². The first-order valence-corrected chi connectivity index (χ1v) is 5.85. The van der Waals surface area contributed by atoms with E-state index in [1.165, 1.54) is 0 Å². The standard InChI is InChI=1S/C13H20N2O2/c1-13(16-9-12(8-14)17-13)10-4-6-11(7-5-10)15(2)3/h4-7,12H,8-9,14H2,1-3H3. The summed E-state index contributed by atoms with van der Waals surface area (Å²) in [5.74, 6) is -0.658. The molecule has 0 bridgehead atoms. The summed E-state index contributed by atoms with van der Waals surface area (Å²) in [6.45, 7) is 2.99. The number of hydrogen-bond donors (Lipinski definition) is 1. The molecule has 0 saturated carbocycles. The quantitative estimate of drug-likeness (QED) is 0.859. The van der Waals surface area contributed by atoms with Crippen LogP contribution in [0.5, 0.6) is 0 Å². The minimum Gasteiger partial charge on any atom is -0.378 e. The van der Waals surface area contributed by atoms with Crippen molar-refractivity contribution in [2.75, 3.05) is 32.1 Å². The highest BCUT2D eigenvalue weighted by molar-refractivity contribution is 5.46. The minimum absolute atomic E-state index is 0.00600. The van der Waals surface area contributed by atoms with E-state index in [9.17, 15) is 0 Å². The van der Waals surface area contributed by atoms with E-state index in [4.69, 9.17) is 15.2 Å². The second kappa shape index (κ2) is 4.64. The van der Waals surface area contributed by atoms with Crippen molar-refractivity contribution in [2.45, 2.75) is 18.8 Å². The van der Waals surface area contributed by atoms with E-state index in [0.717, 1.165) is 11.3 Å². The van der Waals surface area contributed by atoms with Crippen LogP contribution >= 0.6 is 0 Å². The average Bonchev–Trinajstić information content (AvgIpc) is 2.73. The Labute approximate surface area is 102 Å². The molecule has 4 nitrogen and oxygen atoms in total. The van der Waals surface area contributed by atoms with E-state index >= 15 is 0 Å². The average molecular weight is 236 g/mol. The van der Waals surface area contributed by atoms with Crippen molar-refractivity contribution >= 4 is 5.69 Å². The number of anilines is 1. The number of hydrogen-bond acceptors (Lipinski definition) is 4. The molecule has 0 amide bonds. The highest BCUT2D eigenvalue weighted by Gasteiger charge is 2.38. The molecule has 2 rings (SSSR count). The molecule has 1 heterocycles. The normalized spacial score (nSPS) is 28.4. The van der Waals surface area contributed by atoms with Gasteiger partial charge in [0.2, 0.25) is 0 Å². The summed E-state index contributed by atoms with van der Waals surface area (Å²) in [5.41, 5.74) is 7.77. The summed E-state index contributed by atoms with van der Waals surface area (Å²) >= 11 is 0. The molecule has 1 aromatic rings. The van der Waals surface area contributed by atoms with E-state index in [2.05, 4.69) is 17.0 Å². The maximum Gasteiger partial charge on any atom is 0.192 e. The molecule has 1 aromatic carbocycles. The van der Waals surface area contributed by atoms with Crippen molar-refractivity contribution in [1.82, 2.24) is 0 Å². The van der Waals surface area contributed by atoms with Crippen molar-refractivity contribution in [2.24, 2.45) is 5.73 Å². The number of nitrogens with two attached hydrogens (primary N) is 1. The molecule has 94 valence electrons. The highest BCUT2D eigenvalue weighted by Crippen LogP contribution is 2.34. The van der Waals surface area contributed by atoms with Crippen LogP contribution in [-0.2, 0) is 15.3 Å². The zero-order chi connectivity index (χ0) is 12.5. The third-order valence-corrected chi connectivity index (χ3v) is 3.11. The Morgan fingerprint density at radius 1 is 1.35 bits per heavy atom. The maximum absolute atomic E-state index is 5.82. The van der Waals surface area contributed by atoms with Gasteiger partial charge in [-0.15, -0.1) is 0 Å². The van der Waals surface area contributed by atoms with E-state index in [0.29, 0.717) is 13.2 Å². The molecule has 0 spiro atoms. The molecule has 2 unspecified atom stereocenters. The van der Waals surface area contributed by atoms with Crippen LogP contribution in [0, 0.1) is 0 Å². The van der Waals surface area contributed by atoms with Gasteiger partial charge in [0.15, 0.2) is 5.79 Å². The third kappa shape index (κ3) is 2.44. The first kappa shape index (κ1) is 12.4. The number of benzene rings is 1. The summed E-state index contributed by atoms with van der Waals surface area (Å²) in [4.78, 5) is 2.06. The first-order valence-electron chi connectivity index (χ1n) is 5.85. The zero-order valence-electron chi connectivity index (χ0n) is 10.6. The maximum atomic E-state index is 5.82. The summed E-state index contributed by atoms with van der Waals surface area (Å²) < 4.78 is 11.5. The van der Waals surface area contributed by atoms with E-state index in [-0.39, 0.29) is 6.10 Å². The predicted octanol–water partition coefficient (Wildman–Crippen LogP) is 1.30. The van der Waals surface area contributed by atoms with Crippen LogP contribution in [0.2, 0.25) is 0 Å². The fraction of sp³-hybridized carbons (Fsp3) is 0.538. The van der Waals surface area contributed by atoms with Gasteiger partial charge in [-0.2, -0.15) is 0 Å². The predicted molar refractivity (Wildman–Crippen MR) is 68.0 cm³/mol. The van der Waals surface area contributed by atoms with Crippen LogP contribution in [0.1, 0.15) is 12.5 Å². The van der Waals surface area contributed by atoms with Crippen LogP contribution < -0.4 is 10.6 Å². The van der Waals surface area contributed by atoms with Gasteiger partial charge in [0.05, 0.1) is 12.7 Å². The largest absolute Gasteiger partial charge is 0.378 e. The Bertz CT molecular complexity index is 378. The summed E-state index contributed by atoms with van der Waals surface area (Å²) in [5, 5.41) is 0. The van der Waals surface area contributed by atoms with Crippen LogP contribution in [0.4, 0.5) is 5.69 Å². The second-order valence-corrected chi connectivity index (χ2v) is 4.67. The van der Waals surface area contributed by atoms with Crippen LogP contribution in [0.15, 0.2) is 24.3 Å². The number of rotatable bonds is 3. The Morgan fingerprint density at radius 3 is 2.47 bits per heavy atom. The molecule has 0 radical (unpaired) electrons. The molecule has 0 aliphatic carbocycles. The van der Waals surface area contributed by atoms with Gasteiger partial charge >= 0.3 is 0 Å². The Morgan fingerprint density at radius 2 is 2.00 bits per heavy atom. The lowest BCUT2D eigenvalue weighted by atomic mass is 10.1. The molecule has 2 atom stereocenters. The van der Waals surface area contributed by atoms with Crippen LogP contribution in [0.25, 0.3) is 0 Å². The van der Waals surface area contributed by atoms with Gasteiger partial charge < -0.3 is 20.1 Å². The fourth-order valence-corrected chi connectivity index (χ4v) is 1.97. The lowest BCUT2D eigenvalue weighted by Gasteiger charge is -2.24. The van der Waals surface area contributed by atoms with Crippen LogP contribution in [-0.4, -0.2) is 33.4 Å². The molecule has 1 aliphatic rings. The van der Waals surface area contributed by atoms with E-state index in [1.807, 2.05) is 33.2 Å². The van der Waals surface area contributed by atoms with Crippen molar-refractivity contribution in [1.29, 1.82) is 0 Å². The Hall–Kier alpha value is -1.10. The van der Waals surface area contributed by atoms with Gasteiger partial charge in [-0.05, 0) is 19.1 Å². The van der Waals surface area contributed by atoms with Crippen molar-refractivity contribution in [3.05, 3.63) is 29.8 Å². The van der Waals surface area contributed by atoms with Gasteiger partial charge in [-0.1, -0.05) is 12.1 Å². The van der Waals surface area contributed by atoms with Gasteiger partial charge in [0.25, 0.3) is 0 Å². The third-order valence-electron chi connectivity index (χ3n) is 3.11. The Kier molecular flexibility index (Phi) is 3.38. The summed E-state index contributed by atoms with van der Waals surface area (Å²) in [6.07, 6.45) is -0.00600. The van der Waals surface area contributed by atoms with Gasteiger partial charge in [0.1, 0.15) is 0 Å². The van der Waals surface area contributed by atoms with Gasteiger partial charge in [-0.25, -0.2) is 0 Å². The lowest BCUT2D eigenvalue weighted by molar-refractivity contribution is -0.160. The first-order chi connectivity index (χ1) is 8.05. The Balaban J connectivity index is 2.17. The number of ether oxygens (including phenoxy) is 2. The lowest BCUT2D eigenvalue weighted by Crippen LogP contribution is -2.27. The zero-order valence-corrected chi connectivity index (χ0v) is 10.6. The molecule has 2 N–H and O–H groups in total. The van der Waals surface area contributed by atoms with Gasteiger partial charge in [0, 0.05) is 31.9 Å². The molecular weight excluding hydrogens is 216 g/mol. The van der Waals surface area contributed by atoms with Crippen LogP contribution in [0.3, 0.4) is 0 Å². The topological polar surface area (TPSA) is 47.7 Å². The van der Waals surface area contributed by atoms with Crippen molar-refractivity contribution < 1.29 is 9.47 Å². The van der Waals surface area contributed by atoms with E-state index < -0.39 is 5.79 Å². The minimum atomic E-state index is -0.658. The smallest absolute Gasteiger partial charge is 0.192 e. The summed E-state index contributed by atoms with van der Waals surface area (Å²) in [6, 6.07) is 8.19. The van der Waals surface area contributed by atoms with Crippen molar-refractivity contribution in [3.63, 3.8) is 0 Å². The SMILES string of the molecule is CN(C)c1ccc(C2(C)OCC(CN)O2)cc1. The number of nitrogens with zero attached hydrogens (tertiary/aromatic N) is 1. The molecule has 1 aliphatic heterocycles. The molecule has 1 fully saturated rings. The fourth-order valence-electron chi connectivity index (χ4n) is 1.97. The summed E-state index contributed by atoms with van der Waals surface area (Å²) in [7, 11) is 4.04. The van der Waals surface area contributed by atoms with Crippen molar-refractivity contribution in [3.8, 4) is 0 Å². The molecule has 1 saturated heterocycles. The highest BCUT2D eigenvalue weighted by atomic mass is 16.7. The monoisotopic (exact) mass is 236 g/mol.